The van der Waals surface area contributed by atoms with E-state index >= 15 is 0 Å². The second-order valence-electron chi connectivity index (χ2n) is 5.96. The maximum atomic E-state index is 11.8. The normalized spacial score (nSPS) is 16.0. The molecule has 1 unspecified atom stereocenters. The molecule has 3 rings (SSSR count). The number of likely N-dealkylation sites (tertiary alicyclic amines) is 1. The molecular weight excluding hydrogens is 384 g/mol. The highest BCUT2D eigenvalue weighted by atomic mass is 32.1. The molecule has 0 aliphatic carbocycles. The lowest BCUT2D eigenvalue weighted by Crippen LogP contribution is -2.40. The van der Waals surface area contributed by atoms with E-state index in [2.05, 4.69) is 25.9 Å². The zero-order valence-corrected chi connectivity index (χ0v) is 16.6. The number of carbonyl (C=O) groups excluding carboxylic acids is 1. The van der Waals surface area contributed by atoms with Crippen molar-refractivity contribution in [3.63, 3.8) is 0 Å². The van der Waals surface area contributed by atoms with E-state index in [1.807, 2.05) is 17.5 Å². The number of pyridine rings is 1. The minimum absolute atomic E-state index is 0.0949. The Bertz CT molecular complexity index is 771. The predicted molar refractivity (Wildman–Crippen MR) is 110 cm³/mol. The molecule has 1 saturated heterocycles. The number of hydrogen-bond donors (Lipinski definition) is 3. The van der Waals surface area contributed by atoms with Crippen LogP contribution in [0.15, 0.2) is 29.2 Å². The lowest BCUT2D eigenvalue weighted by molar-refractivity contribution is 0.115. The van der Waals surface area contributed by atoms with E-state index in [1.165, 1.54) is 0 Å². The fraction of sp³-hybridized carbons (Fsp3) is 0.412. The number of nitrogens with one attached hydrogen (secondary N) is 3. The SMILES string of the molecule is CCOC(=O)N1CCC(NC(=S)Nc2cccnc2NCc2cscn2)C1. The van der Waals surface area contributed by atoms with E-state index in [0.29, 0.717) is 37.2 Å². The molecule has 3 N–H and O–H groups in total. The van der Waals surface area contributed by atoms with Gasteiger partial charge in [0.2, 0.25) is 0 Å². The number of rotatable bonds is 6. The van der Waals surface area contributed by atoms with E-state index < -0.39 is 0 Å². The Hall–Kier alpha value is -2.46. The number of carbonyl (C=O) groups is 1. The molecule has 1 fully saturated rings. The van der Waals surface area contributed by atoms with Crippen LogP contribution >= 0.6 is 23.6 Å². The smallest absolute Gasteiger partial charge is 0.409 e. The van der Waals surface area contributed by atoms with E-state index in [4.69, 9.17) is 17.0 Å². The van der Waals surface area contributed by atoms with E-state index in [1.54, 1.807) is 34.9 Å². The lowest BCUT2D eigenvalue weighted by Gasteiger charge is -2.19. The van der Waals surface area contributed by atoms with Crippen molar-refractivity contribution in [3.05, 3.63) is 34.9 Å². The lowest BCUT2D eigenvalue weighted by atomic mass is 10.3. The van der Waals surface area contributed by atoms with Crippen molar-refractivity contribution in [2.75, 3.05) is 30.3 Å². The van der Waals surface area contributed by atoms with Gasteiger partial charge in [0.1, 0.15) is 5.82 Å². The summed E-state index contributed by atoms with van der Waals surface area (Å²) in [4.78, 5) is 22.1. The Balaban J connectivity index is 1.51. The first-order chi connectivity index (χ1) is 13.2. The third-order valence-electron chi connectivity index (χ3n) is 4.03. The summed E-state index contributed by atoms with van der Waals surface area (Å²) in [5, 5.41) is 12.2. The molecule has 1 amide bonds. The second-order valence-corrected chi connectivity index (χ2v) is 7.09. The average Bonchev–Trinajstić information content (AvgIpc) is 3.33. The van der Waals surface area contributed by atoms with Crippen molar-refractivity contribution >= 4 is 46.3 Å². The number of aromatic nitrogens is 2. The van der Waals surface area contributed by atoms with E-state index in [0.717, 1.165) is 17.8 Å². The van der Waals surface area contributed by atoms with Gasteiger partial charge in [-0.15, -0.1) is 11.3 Å². The largest absolute Gasteiger partial charge is 0.450 e. The Morgan fingerprint density at radius 2 is 2.37 bits per heavy atom. The Kier molecular flexibility index (Phi) is 6.77. The quantitative estimate of drug-likeness (QED) is 0.631. The zero-order valence-electron chi connectivity index (χ0n) is 15.0. The third kappa shape index (κ3) is 5.51. The van der Waals surface area contributed by atoms with Gasteiger partial charge in [-0.25, -0.2) is 14.8 Å². The molecule has 0 radical (unpaired) electrons. The minimum Gasteiger partial charge on any atom is -0.450 e. The third-order valence-corrected chi connectivity index (χ3v) is 4.88. The molecule has 144 valence electrons. The summed E-state index contributed by atoms with van der Waals surface area (Å²) in [6, 6.07) is 3.85. The van der Waals surface area contributed by atoms with Crippen molar-refractivity contribution in [2.24, 2.45) is 0 Å². The van der Waals surface area contributed by atoms with Crippen LogP contribution in [0.25, 0.3) is 0 Å². The van der Waals surface area contributed by atoms with Crippen molar-refractivity contribution < 1.29 is 9.53 Å². The summed E-state index contributed by atoms with van der Waals surface area (Å²) in [6.45, 7) is 4.00. The van der Waals surface area contributed by atoms with Crippen molar-refractivity contribution in [2.45, 2.75) is 25.9 Å². The van der Waals surface area contributed by atoms with E-state index in [9.17, 15) is 4.79 Å². The summed E-state index contributed by atoms with van der Waals surface area (Å²) < 4.78 is 5.04. The van der Waals surface area contributed by atoms with Gasteiger partial charge in [0.05, 0.1) is 30.0 Å². The first-order valence-corrected chi connectivity index (χ1v) is 10.1. The van der Waals surface area contributed by atoms with Crippen molar-refractivity contribution in [1.29, 1.82) is 0 Å². The Morgan fingerprint density at radius 1 is 1.48 bits per heavy atom. The highest BCUT2D eigenvalue weighted by molar-refractivity contribution is 7.80. The van der Waals surface area contributed by atoms with Gasteiger partial charge in [0, 0.05) is 30.7 Å². The summed E-state index contributed by atoms with van der Waals surface area (Å²) >= 11 is 6.99. The molecule has 0 bridgehead atoms. The van der Waals surface area contributed by atoms with E-state index in [-0.39, 0.29) is 12.1 Å². The Labute approximate surface area is 167 Å². The number of amides is 1. The van der Waals surface area contributed by atoms with Crippen LogP contribution < -0.4 is 16.0 Å². The topological polar surface area (TPSA) is 91.4 Å². The highest BCUT2D eigenvalue weighted by Crippen LogP contribution is 2.19. The van der Waals surface area contributed by atoms with Gasteiger partial charge in [0.15, 0.2) is 5.11 Å². The van der Waals surface area contributed by atoms with Crippen LogP contribution in [0.2, 0.25) is 0 Å². The van der Waals surface area contributed by atoms with Crippen LogP contribution in [0.1, 0.15) is 19.0 Å². The van der Waals surface area contributed by atoms with Gasteiger partial charge >= 0.3 is 6.09 Å². The summed E-state index contributed by atoms with van der Waals surface area (Å²) in [6.07, 6.45) is 2.27. The summed E-state index contributed by atoms with van der Waals surface area (Å²) in [5.41, 5.74) is 3.54. The maximum Gasteiger partial charge on any atom is 0.409 e. The van der Waals surface area contributed by atoms with Gasteiger partial charge < -0.3 is 25.6 Å². The monoisotopic (exact) mass is 406 g/mol. The van der Waals surface area contributed by atoms with Gasteiger partial charge in [-0.1, -0.05) is 0 Å². The molecule has 0 saturated carbocycles. The van der Waals surface area contributed by atoms with Crippen LogP contribution in [0.5, 0.6) is 0 Å². The highest BCUT2D eigenvalue weighted by Gasteiger charge is 2.27. The fourth-order valence-corrected chi connectivity index (χ4v) is 3.58. The van der Waals surface area contributed by atoms with Crippen molar-refractivity contribution in [1.82, 2.24) is 20.2 Å². The standard InChI is InChI=1S/C17H22N6O2S2/c1-2-25-17(24)23-7-5-12(9-23)21-16(26)22-14-4-3-6-18-15(14)19-8-13-10-27-11-20-13/h3-4,6,10-12H,2,5,7-9H2,1H3,(H,18,19)(H2,21,22,26). The number of thiocarbonyl (C=S) groups is 1. The molecular formula is C17H22N6O2S2. The number of thiazole rings is 1. The van der Waals surface area contributed by atoms with Gasteiger partial charge in [0.25, 0.3) is 0 Å². The number of anilines is 2. The molecule has 0 aromatic carbocycles. The maximum absolute atomic E-state index is 11.8. The average molecular weight is 407 g/mol. The Morgan fingerprint density at radius 3 is 3.15 bits per heavy atom. The van der Waals surface area contributed by atoms with Crippen LogP contribution in [0.4, 0.5) is 16.3 Å². The van der Waals surface area contributed by atoms with Crippen LogP contribution in [0.3, 0.4) is 0 Å². The molecule has 0 spiro atoms. The summed E-state index contributed by atoms with van der Waals surface area (Å²) in [5.74, 6) is 0.703. The molecule has 27 heavy (non-hydrogen) atoms. The number of hydrogen-bond acceptors (Lipinski definition) is 7. The number of nitrogens with zero attached hydrogens (tertiary/aromatic N) is 3. The molecule has 1 aliphatic heterocycles. The molecule has 10 heteroatoms. The number of ether oxygens (including phenoxy) is 1. The van der Waals surface area contributed by atoms with Gasteiger partial charge in [-0.05, 0) is 37.7 Å². The molecule has 2 aromatic heterocycles. The second kappa shape index (κ2) is 9.47. The first kappa shape index (κ1) is 19.3. The fourth-order valence-electron chi connectivity index (χ4n) is 2.75. The molecule has 2 aromatic rings. The first-order valence-electron chi connectivity index (χ1n) is 8.71. The zero-order chi connectivity index (χ0) is 19.1. The summed E-state index contributed by atoms with van der Waals surface area (Å²) in [7, 11) is 0. The van der Waals surface area contributed by atoms with Crippen LogP contribution in [0, 0.1) is 0 Å². The predicted octanol–water partition coefficient (Wildman–Crippen LogP) is 2.67. The molecule has 1 atom stereocenters. The van der Waals surface area contributed by atoms with Crippen molar-refractivity contribution in [3.8, 4) is 0 Å². The minimum atomic E-state index is -0.276. The van der Waals surface area contributed by atoms with Gasteiger partial charge in [-0.3, -0.25) is 0 Å². The molecule has 8 nitrogen and oxygen atoms in total. The molecule has 1 aliphatic rings. The molecule has 3 heterocycles. The van der Waals surface area contributed by atoms with Crippen LogP contribution in [-0.2, 0) is 11.3 Å². The van der Waals surface area contributed by atoms with Crippen LogP contribution in [-0.4, -0.2) is 51.8 Å². The van der Waals surface area contributed by atoms with Gasteiger partial charge in [-0.2, -0.15) is 0 Å².